The van der Waals surface area contributed by atoms with Crippen molar-refractivity contribution < 1.29 is 14.7 Å². The molecule has 1 aromatic heterocycles. The van der Waals surface area contributed by atoms with Gasteiger partial charge in [-0.05, 0) is 23.6 Å². The first-order valence-corrected chi connectivity index (χ1v) is 7.60. The van der Waals surface area contributed by atoms with Crippen LogP contribution in [0.4, 0.5) is 15.6 Å². The molecule has 2 amide bonds. The zero-order chi connectivity index (χ0) is 16.1. The minimum Gasteiger partial charge on any atom is -0.465 e. The summed E-state index contributed by atoms with van der Waals surface area (Å²) in [7, 11) is 0. The van der Waals surface area contributed by atoms with Crippen molar-refractivity contribution >= 4 is 34.2 Å². The van der Waals surface area contributed by atoms with Gasteiger partial charge in [0.05, 0.1) is 6.42 Å². The summed E-state index contributed by atoms with van der Waals surface area (Å²) in [6.45, 7) is 4.15. The molecule has 0 aliphatic carbocycles. The predicted octanol–water partition coefficient (Wildman–Crippen LogP) is 3.54. The summed E-state index contributed by atoms with van der Waals surface area (Å²) in [4.78, 5) is 27.8. The molecule has 3 N–H and O–H groups in total. The largest absolute Gasteiger partial charge is 0.465 e. The van der Waals surface area contributed by atoms with E-state index in [1.807, 2.05) is 0 Å². The van der Waals surface area contributed by atoms with Gasteiger partial charge in [-0.15, -0.1) is 11.3 Å². The van der Waals surface area contributed by atoms with Gasteiger partial charge in [0, 0.05) is 16.8 Å². The van der Waals surface area contributed by atoms with Gasteiger partial charge in [-0.25, -0.2) is 9.78 Å². The van der Waals surface area contributed by atoms with Crippen molar-refractivity contribution in [3.05, 3.63) is 40.9 Å². The standard InChI is InChI=1S/C15H17N3O3S/c1-9(2)12-8-16-14(22-12)18-13(19)7-10-3-5-11(6-4-10)17-15(20)21/h3-6,8-9,17H,7H2,1-2H3,(H,20,21)(H,16,18,19). The van der Waals surface area contributed by atoms with Gasteiger partial charge in [0.15, 0.2) is 5.13 Å². The Hall–Kier alpha value is -2.41. The molecule has 0 unspecified atom stereocenters. The second kappa shape index (κ2) is 7.04. The summed E-state index contributed by atoms with van der Waals surface area (Å²) < 4.78 is 0. The molecule has 0 aliphatic rings. The minimum absolute atomic E-state index is 0.149. The lowest BCUT2D eigenvalue weighted by atomic mass is 10.1. The van der Waals surface area contributed by atoms with Crippen molar-refractivity contribution in [2.24, 2.45) is 0 Å². The van der Waals surface area contributed by atoms with E-state index in [-0.39, 0.29) is 12.3 Å². The van der Waals surface area contributed by atoms with Crippen molar-refractivity contribution in [3.8, 4) is 0 Å². The number of hydrogen-bond acceptors (Lipinski definition) is 4. The van der Waals surface area contributed by atoms with Crippen molar-refractivity contribution in [2.45, 2.75) is 26.2 Å². The lowest BCUT2D eigenvalue weighted by Crippen LogP contribution is -2.14. The van der Waals surface area contributed by atoms with Crippen molar-refractivity contribution in [2.75, 3.05) is 10.6 Å². The van der Waals surface area contributed by atoms with Crippen LogP contribution in [0.2, 0.25) is 0 Å². The molecule has 0 fully saturated rings. The van der Waals surface area contributed by atoms with Gasteiger partial charge >= 0.3 is 6.09 Å². The van der Waals surface area contributed by atoms with Gasteiger partial charge in [-0.1, -0.05) is 26.0 Å². The summed E-state index contributed by atoms with van der Waals surface area (Å²) >= 11 is 1.47. The lowest BCUT2D eigenvalue weighted by molar-refractivity contribution is -0.115. The highest BCUT2D eigenvalue weighted by molar-refractivity contribution is 7.15. The highest BCUT2D eigenvalue weighted by Crippen LogP contribution is 2.25. The normalized spacial score (nSPS) is 10.5. The van der Waals surface area contributed by atoms with Gasteiger partial charge in [0.2, 0.25) is 5.91 Å². The molecule has 2 aromatic rings. The van der Waals surface area contributed by atoms with Crippen LogP contribution in [0.15, 0.2) is 30.5 Å². The molecule has 1 aromatic carbocycles. The molecule has 0 aliphatic heterocycles. The van der Waals surface area contributed by atoms with Crippen LogP contribution in [0.3, 0.4) is 0 Å². The van der Waals surface area contributed by atoms with E-state index < -0.39 is 6.09 Å². The van der Waals surface area contributed by atoms with Crippen LogP contribution in [0.5, 0.6) is 0 Å². The summed E-state index contributed by atoms with van der Waals surface area (Å²) in [5.41, 5.74) is 1.27. The Morgan fingerprint density at radius 1 is 1.23 bits per heavy atom. The zero-order valence-electron chi connectivity index (χ0n) is 12.3. The van der Waals surface area contributed by atoms with Gasteiger partial charge < -0.3 is 10.4 Å². The number of carbonyl (C=O) groups excluding carboxylic acids is 1. The highest BCUT2D eigenvalue weighted by atomic mass is 32.1. The van der Waals surface area contributed by atoms with Crippen LogP contribution in [-0.4, -0.2) is 22.1 Å². The second-order valence-electron chi connectivity index (χ2n) is 5.07. The molecule has 2 rings (SSSR count). The second-order valence-corrected chi connectivity index (χ2v) is 6.14. The minimum atomic E-state index is -1.12. The number of amides is 2. The molecular weight excluding hydrogens is 302 g/mol. The highest BCUT2D eigenvalue weighted by Gasteiger charge is 2.09. The third-order valence-corrected chi connectivity index (χ3v) is 4.12. The quantitative estimate of drug-likeness (QED) is 0.786. The van der Waals surface area contributed by atoms with E-state index in [1.165, 1.54) is 11.3 Å². The molecule has 7 heteroatoms. The van der Waals surface area contributed by atoms with Crippen LogP contribution in [0.25, 0.3) is 0 Å². The predicted molar refractivity (Wildman–Crippen MR) is 86.6 cm³/mol. The molecule has 0 spiro atoms. The molecule has 22 heavy (non-hydrogen) atoms. The third-order valence-electron chi connectivity index (χ3n) is 2.91. The molecule has 0 saturated carbocycles. The smallest absolute Gasteiger partial charge is 0.409 e. The zero-order valence-corrected chi connectivity index (χ0v) is 13.1. The number of benzene rings is 1. The number of nitrogens with zero attached hydrogens (tertiary/aromatic N) is 1. The van der Waals surface area contributed by atoms with Crippen molar-refractivity contribution in [1.29, 1.82) is 0 Å². The van der Waals surface area contributed by atoms with Crippen LogP contribution in [0, 0.1) is 0 Å². The topological polar surface area (TPSA) is 91.3 Å². The molecule has 0 bridgehead atoms. The fraction of sp³-hybridized carbons (Fsp3) is 0.267. The maximum atomic E-state index is 12.0. The number of aromatic nitrogens is 1. The monoisotopic (exact) mass is 319 g/mol. The first kappa shape index (κ1) is 16.0. The Kier molecular flexibility index (Phi) is 5.11. The van der Waals surface area contributed by atoms with Gasteiger partial charge in [0.25, 0.3) is 0 Å². The average molecular weight is 319 g/mol. The number of nitrogens with one attached hydrogen (secondary N) is 2. The first-order valence-electron chi connectivity index (χ1n) is 6.78. The van der Waals surface area contributed by atoms with Crippen LogP contribution < -0.4 is 10.6 Å². The lowest BCUT2D eigenvalue weighted by Gasteiger charge is -2.04. The van der Waals surface area contributed by atoms with Gasteiger partial charge in [-0.3, -0.25) is 10.1 Å². The van der Waals surface area contributed by atoms with Crippen molar-refractivity contribution in [3.63, 3.8) is 0 Å². The molecule has 0 radical (unpaired) electrons. The fourth-order valence-electron chi connectivity index (χ4n) is 1.79. The number of rotatable bonds is 5. The fourth-order valence-corrected chi connectivity index (χ4v) is 2.62. The number of carbonyl (C=O) groups is 2. The van der Waals surface area contributed by atoms with Gasteiger partial charge in [0.1, 0.15) is 0 Å². The molecule has 0 saturated heterocycles. The van der Waals surface area contributed by atoms with Crippen LogP contribution in [0.1, 0.15) is 30.2 Å². The Morgan fingerprint density at radius 2 is 1.91 bits per heavy atom. The number of hydrogen-bond donors (Lipinski definition) is 3. The Bertz CT molecular complexity index is 665. The van der Waals surface area contributed by atoms with E-state index in [1.54, 1.807) is 30.5 Å². The molecule has 6 nitrogen and oxygen atoms in total. The number of anilines is 2. The van der Waals surface area contributed by atoms with Crippen LogP contribution in [-0.2, 0) is 11.2 Å². The molecule has 1 heterocycles. The van der Waals surface area contributed by atoms with Crippen LogP contribution >= 0.6 is 11.3 Å². The molecule has 0 atom stereocenters. The Morgan fingerprint density at radius 3 is 2.45 bits per heavy atom. The van der Waals surface area contributed by atoms with E-state index >= 15 is 0 Å². The van der Waals surface area contributed by atoms with E-state index in [9.17, 15) is 9.59 Å². The third kappa shape index (κ3) is 4.56. The Balaban J connectivity index is 1.92. The molecular formula is C15H17N3O3S. The molecule has 116 valence electrons. The van der Waals surface area contributed by atoms with E-state index in [2.05, 4.69) is 29.5 Å². The maximum Gasteiger partial charge on any atom is 0.409 e. The summed E-state index contributed by atoms with van der Waals surface area (Å²) in [5.74, 6) is 0.237. The average Bonchev–Trinajstić information content (AvgIpc) is 2.89. The van der Waals surface area contributed by atoms with Crippen molar-refractivity contribution in [1.82, 2.24) is 4.98 Å². The van der Waals surface area contributed by atoms with E-state index in [0.717, 1.165) is 10.4 Å². The summed E-state index contributed by atoms with van der Waals surface area (Å²) in [6.07, 6.45) is 0.872. The Labute approximate surface area is 132 Å². The first-order chi connectivity index (χ1) is 10.4. The van der Waals surface area contributed by atoms with E-state index in [4.69, 9.17) is 5.11 Å². The SMILES string of the molecule is CC(C)c1cnc(NC(=O)Cc2ccc(NC(=O)O)cc2)s1. The summed E-state index contributed by atoms with van der Waals surface area (Å²) in [5, 5.41) is 14.2. The van der Waals surface area contributed by atoms with Gasteiger partial charge in [-0.2, -0.15) is 0 Å². The number of carboxylic acid groups (broad SMARTS) is 1. The summed E-state index contributed by atoms with van der Waals surface area (Å²) in [6, 6.07) is 6.67. The maximum absolute atomic E-state index is 12.0. The number of thiazole rings is 1. The van der Waals surface area contributed by atoms with E-state index in [0.29, 0.717) is 16.7 Å².